The van der Waals surface area contributed by atoms with Crippen molar-refractivity contribution < 1.29 is 5.11 Å². The standard InChI is InChI=1S/C10H16BrN3OS/c1-13-3-4-16-6-8(13)10(15)9-7(11)5-12-14(9)2/h5,8,10,15H,3-4,6H2,1-2H3. The van der Waals surface area contributed by atoms with Gasteiger partial charge in [0.1, 0.15) is 6.10 Å². The van der Waals surface area contributed by atoms with Crippen molar-refractivity contribution in [2.24, 2.45) is 7.05 Å². The second-order valence-electron chi connectivity index (χ2n) is 4.07. The molecule has 0 aliphatic carbocycles. The maximum Gasteiger partial charge on any atom is 0.113 e. The van der Waals surface area contributed by atoms with E-state index in [0.29, 0.717) is 0 Å². The Balaban J connectivity index is 2.20. The highest BCUT2D eigenvalue weighted by Crippen LogP contribution is 2.30. The second-order valence-corrected chi connectivity index (χ2v) is 6.07. The molecule has 1 aromatic rings. The molecule has 1 N–H and O–H groups in total. The number of hydrogen-bond acceptors (Lipinski definition) is 4. The van der Waals surface area contributed by atoms with Crippen molar-refractivity contribution in [3.05, 3.63) is 16.4 Å². The van der Waals surface area contributed by atoms with Crippen molar-refractivity contribution in [3.63, 3.8) is 0 Å². The van der Waals surface area contributed by atoms with Gasteiger partial charge >= 0.3 is 0 Å². The summed E-state index contributed by atoms with van der Waals surface area (Å²) in [7, 11) is 3.93. The van der Waals surface area contributed by atoms with E-state index in [1.807, 2.05) is 18.8 Å². The summed E-state index contributed by atoms with van der Waals surface area (Å²) in [5.41, 5.74) is 0.861. The molecular formula is C10H16BrN3OS. The van der Waals surface area contributed by atoms with Gasteiger partial charge < -0.3 is 5.11 Å². The van der Waals surface area contributed by atoms with Gasteiger partial charge in [0.15, 0.2) is 0 Å². The zero-order valence-electron chi connectivity index (χ0n) is 9.43. The first kappa shape index (κ1) is 12.4. The molecule has 0 saturated carbocycles. The van der Waals surface area contributed by atoms with Crippen LogP contribution >= 0.6 is 27.7 Å². The Morgan fingerprint density at radius 1 is 1.62 bits per heavy atom. The minimum atomic E-state index is -0.486. The van der Waals surface area contributed by atoms with Crippen LogP contribution < -0.4 is 0 Å². The highest BCUT2D eigenvalue weighted by molar-refractivity contribution is 9.10. The van der Waals surface area contributed by atoms with Crippen LogP contribution in [0.5, 0.6) is 0 Å². The third kappa shape index (κ3) is 2.30. The molecule has 0 amide bonds. The first-order valence-corrected chi connectivity index (χ1v) is 7.19. The number of rotatable bonds is 2. The van der Waals surface area contributed by atoms with Gasteiger partial charge in [-0.25, -0.2) is 0 Å². The SMILES string of the molecule is CN1CCSCC1C(O)c1c(Br)cnn1C. The second kappa shape index (κ2) is 5.08. The Kier molecular flexibility index (Phi) is 3.94. The minimum absolute atomic E-state index is 0.172. The topological polar surface area (TPSA) is 41.3 Å². The zero-order chi connectivity index (χ0) is 11.7. The number of aromatic nitrogens is 2. The molecule has 1 aliphatic rings. The zero-order valence-corrected chi connectivity index (χ0v) is 11.8. The maximum atomic E-state index is 10.4. The van der Waals surface area contributed by atoms with Crippen LogP contribution in [0.1, 0.15) is 11.8 Å². The van der Waals surface area contributed by atoms with E-state index in [1.54, 1.807) is 10.9 Å². The lowest BCUT2D eigenvalue weighted by Crippen LogP contribution is -2.43. The van der Waals surface area contributed by atoms with Gasteiger partial charge in [0, 0.05) is 25.1 Å². The molecule has 0 bridgehead atoms. The van der Waals surface area contributed by atoms with Crippen molar-refractivity contribution in [1.29, 1.82) is 0 Å². The monoisotopic (exact) mass is 305 g/mol. The third-order valence-corrected chi connectivity index (χ3v) is 4.68. The number of thioether (sulfide) groups is 1. The largest absolute Gasteiger partial charge is 0.385 e. The lowest BCUT2D eigenvalue weighted by atomic mass is 10.1. The van der Waals surface area contributed by atoms with Crippen LogP contribution in [0.3, 0.4) is 0 Å². The molecule has 2 rings (SSSR count). The first-order valence-electron chi connectivity index (χ1n) is 5.24. The predicted octanol–water partition coefficient (Wildman–Crippen LogP) is 1.26. The van der Waals surface area contributed by atoms with E-state index < -0.39 is 6.10 Å². The average Bonchev–Trinajstić information content (AvgIpc) is 2.58. The van der Waals surface area contributed by atoms with Gasteiger partial charge in [0.05, 0.1) is 22.4 Å². The summed E-state index contributed by atoms with van der Waals surface area (Å²) >= 11 is 5.33. The number of likely N-dealkylation sites (N-methyl/N-ethyl adjacent to an activating group) is 1. The number of aliphatic hydroxyl groups excluding tert-OH is 1. The highest BCUT2D eigenvalue weighted by Gasteiger charge is 2.30. The molecule has 4 nitrogen and oxygen atoms in total. The van der Waals surface area contributed by atoms with Gasteiger partial charge in [-0.05, 0) is 23.0 Å². The molecule has 0 aromatic carbocycles. The lowest BCUT2D eigenvalue weighted by molar-refractivity contribution is 0.0692. The molecule has 1 saturated heterocycles. The summed E-state index contributed by atoms with van der Waals surface area (Å²) in [4.78, 5) is 2.22. The predicted molar refractivity (Wildman–Crippen MR) is 69.6 cm³/mol. The van der Waals surface area contributed by atoms with E-state index in [0.717, 1.165) is 28.2 Å². The number of nitrogens with zero attached hydrogens (tertiary/aromatic N) is 3. The third-order valence-electron chi connectivity index (χ3n) is 3.03. The van der Waals surface area contributed by atoms with Crippen molar-refractivity contribution in [2.45, 2.75) is 12.1 Å². The molecule has 0 spiro atoms. The van der Waals surface area contributed by atoms with E-state index in [9.17, 15) is 5.11 Å². The summed E-state index contributed by atoms with van der Waals surface area (Å²) in [6.07, 6.45) is 1.24. The highest BCUT2D eigenvalue weighted by atomic mass is 79.9. The fourth-order valence-electron chi connectivity index (χ4n) is 1.97. The Labute approximate surface area is 108 Å². The molecule has 1 aromatic heterocycles. The molecule has 2 atom stereocenters. The molecule has 16 heavy (non-hydrogen) atoms. The quantitative estimate of drug-likeness (QED) is 0.893. The maximum absolute atomic E-state index is 10.4. The van der Waals surface area contributed by atoms with Crippen molar-refractivity contribution in [1.82, 2.24) is 14.7 Å². The Morgan fingerprint density at radius 3 is 2.94 bits per heavy atom. The van der Waals surface area contributed by atoms with Crippen molar-refractivity contribution in [3.8, 4) is 0 Å². The van der Waals surface area contributed by atoms with Gasteiger partial charge in [-0.15, -0.1) is 0 Å². The molecule has 1 aliphatic heterocycles. The van der Waals surface area contributed by atoms with Crippen LogP contribution in [0.2, 0.25) is 0 Å². The summed E-state index contributed by atoms with van der Waals surface area (Å²) < 4.78 is 2.62. The lowest BCUT2D eigenvalue weighted by Gasteiger charge is -2.35. The Bertz CT molecular complexity index is 351. The average molecular weight is 306 g/mol. The van der Waals surface area contributed by atoms with Crippen LogP contribution in [0, 0.1) is 0 Å². The minimum Gasteiger partial charge on any atom is -0.385 e. The van der Waals surface area contributed by atoms with Crippen LogP contribution in [0.4, 0.5) is 0 Å². The van der Waals surface area contributed by atoms with Crippen LogP contribution in [0.25, 0.3) is 0 Å². The fraction of sp³-hybridized carbons (Fsp3) is 0.700. The number of hydrogen-bond donors (Lipinski definition) is 1. The normalized spacial score (nSPS) is 24.6. The molecule has 6 heteroatoms. The van der Waals surface area contributed by atoms with Gasteiger partial charge in [0.2, 0.25) is 0 Å². The molecule has 1 fully saturated rings. The molecule has 2 unspecified atom stereocenters. The molecule has 0 radical (unpaired) electrons. The summed E-state index contributed by atoms with van der Waals surface area (Å²) in [5.74, 6) is 2.11. The molecular weight excluding hydrogens is 290 g/mol. The molecule has 2 heterocycles. The van der Waals surface area contributed by atoms with Crippen LogP contribution in [-0.4, -0.2) is 50.9 Å². The van der Waals surface area contributed by atoms with E-state index in [1.165, 1.54) is 0 Å². The van der Waals surface area contributed by atoms with Crippen LogP contribution in [0.15, 0.2) is 10.7 Å². The Hall–Kier alpha value is -0.0400. The first-order chi connectivity index (χ1) is 7.61. The van der Waals surface area contributed by atoms with Crippen molar-refractivity contribution >= 4 is 27.7 Å². The van der Waals surface area contributed by atoms with E-state index in [-0.39, 0.29) is 6.04 Å². The number of aliphatic hydroxyl groups is 1. The summed E-state index contributed by atoms with van der Waals surface area (Å²) in [5, 5.41) is 14.6. The smallest absolute Gasteiger partial charge is 0.113 e. The number of halogens is 1. The van der Waals surface area contributed by atoms with Crippen LogP contribution in [-0.2, 0) is 7.05 Å². The fourth-order valence-corrected chi connectivity index (χ4v) is 3.82. The van der Waals surface area contributed by atoms with Crippen molar-refractivity contribution in [2.75, 3.05) is 25.1 Å². The van der Waals surface area contributed by atoms with Gasteiger partial charge in [-0.2, -0.15) is 16.9 Å². The number of aryl methyl sites for hydroxylation is 1. The summed E-state index contributed by atoms with van der Waals surface area (Å²) in [6, 6.07) is 0.172. The van der Waals surface area contributed by atoms with E-state index >= 15 is 0 Å². The Morgan fingerprint density at radius 2 is 2.38 bits per heavy atom. The van der Waals surface area contributed by atoms with Gasteiger partial charge in [-0.3, -0.25) is 9.58 Å². The van der Waals surface area contributed by atoms with E-state index in [2.05, 4.69) is 33.0 Å². The molecule has 90 valence electrons. The van der Waals surface area contributed by atoms with Gasteiger partial charge in [-0.1, -0.05) is 0 Å². The van der Waals surface area contributed by atoms with Gasteiger partial charge in [0.25, 0.3) is 0 Å². The summed E-state index contributed by atoms with van der Waals surface area (Å²) in [6.45, 7) is 1.03. The van der Waals surface area contributed by atoms with E-state index in [4.69, 9.17) is 0 Å².